The van der Waals surface area contributed by atoms with Crippen LogP contribution in [0, 0.1) is 6.92 Å². The number of allylic oxidation sites excluding steroid dienone is 3. The molecule has 0 radical (unpaired) electrons. The number of aliphatic imine (C=N–C) groups is 1. The largest absolute Gasteiger partial charge is 0.307 e. The second-order valence-corrected chi connectivity index (χ2v) is 7.60. The topological polar surface area (TPSA) is 83.5 Å². The van der Waals surface area contributed by atoms with Crippen molar-refractivity contribution in [3.05, 3.63) is 77.1 Å². The number of thiazole rings is 1. The summed E-state index contributed by atoms with van der Waals surface area (Å²) in [5.41, 5.74) is 2.80. The molecule has 0 fully saturated rings. The van der Waals surface area contributed by atoms with Gasteiger partial charge in [0.15, 0.2) is 5.13 Å². The fraction of sp³-hybridized carbons (Fsp3) is 0.182. The molecule has 150 valence electrons. The predicted molar refractivity (Wildman–Crippen MR) is 120 cm³/mol. The van der Waals surface area contributed by atoms with Gasteiger partial charge in [0.25, 0.3) is 0 Å². The summed E-state index contributed by atoms with van der Waals surface area (Å²) in [6, 6.07) is 7.77. The summed E-state index contributed by atoms with van der Waals surface area (Å²) in [7, 11) is 0. The molecule has 1 aromatic carbocycles. The minimum atomic E-state index is -0.355. The molecule has 1 atom stereocenters. The number of hydrogen-bond donors (Lipinski definition) is 2. The lowest BCUT2D eigenvalue weighted by Crippen LogP contribution is -2.18. The van der Waals surface area contributed by atoms with Gasteiger partial charge in [0.1, 0.15) is 5.82 Å². The molecule has 0 saturated heterocycles. The van der Waals surface area contributed by atoms with E-state index in [0.29, 0.717) is 11.0 Å². The van der Waals surface area contributed by atoms with Crippen LogP contribution in [0.3, 0.4) is 0 Å². The first kappa shape index (κ1) is 22.0. The first-order chi connectivity index (χ1) is 13.8. The Bertz CT molecular complexity index is 988. The molecule has 6 nitrogen and oxygen atoms in total. The van der Waals surface area contributed by atoms with E-state index in [1.54, 1.807) is 12.3 Å². The fourth-order valence-electron chi connectivity index (χ4n) is 2.44. The molecule has 7 heteroatoms. The summed E-state index contributed by atoms with van der Waals surface area (Å²) in [6.07, 6.45) is 6.39. The maximum Gasteiger partial charge on any atom is 0.248 e. The van der Waals surface area contributed by atoms with Crippen molar-refractivity contribution < 1.29 is 9.59 Å². The van der Waals surface area contributed by atoms with Crippen LogP contribution < -0.4 is 10.6 Å². The van der Waals surface area contributed by atoms with Crippen molar-refractivity contribution in [1.82, 2.24) is 10.3 Å². The van der Waals surface area contributed by atoms with E-state index in [9.17, 15) is 9.59 Å². The monoisotopic (exact) mass is 408 g/mol. The molecule has 2 aromatic rings. The first-order valence-electron chi connectivity index (χ1n) is 8.96. The van der Waals surface area contributed by atoms with Gasteiger partial charge in [0.05, 0.1) is 5.92 Å². The van der Waals surface area contributed by atoms with Crippen LogP contribution in [0.5, 0.6) is 0 Å². The number of aryl methyl sites for hydroxylation is 1. The highest BCUT2D eigenvalue weighted by atomic mass is 32.1. The van der Waals surface area contributed by atoms with Crippen LogP contribution in [-0.2, 0) is 9.59 Å². The smallest absolute Gasteiger partial charge is 0.248 e. The van der Waals surface area contributed by atoms with E-state index < -0.39 is 0 Å². The summed E-state index contributed by atoms with van der Waals surface area (Å²) < 4.78 is 0. The van der Waals surface area contributed by atoms with Crippen molar-refractivity contribution in [1.29, 1.82) is 0 Å². The van der Waals surface area contributed by atoms with Gasteiger partial charge in [-0.2, -0.15) is 0 Å². The van der Waals surface area contributed by atoms with E-state index in [2.05, 4.69) is 33.9 Å². The zero-order chi connectivity index (χ0) is 21.4. The lowest BCUT2D eigenvalue weighted by atomic mass is 9.96. The summed E-state index contributed by atoms with van der Waals surface area (Å²) in [4.78, 5) is 32.9. The average molecular weight is 409 g/mol. The van der Waals surface area contributed by atoms with Crippen LogP contribution in [0.1, 0.15) is 35.8 Å². The molecule has 29 heavy (non-hydrogen) atoms. The highest BCUT2D eigenvalue weighted by molar-refractivity contribution is 7.15. The molecule has 0 saturated carbocycles. The third kappa shape index (κ3) is 6.36. The van der Waals surface area contributed by atoms with Gasteiger partial charge in [-0.15, -0.1) is 11.3 Å². The molecule has 0 spiro atoms. The highest BCUT2D eigenvalue weighted by Crippen LogP contribution is 2.24. The molecular formula is C22H24N4O2S. The Hall–Kier alpha value is -3.32. The fourth-order valence-corrected chi connectivity index (χ4v) is 3.11. The molecule has 0 aliphatic heterocycles. The number of nitrogens with one attached hydrogen (secondary N) is 2. The Balaban J connectivity index is 2.16. The summed E-state index contributed by atoms with van der Waals surface area (Å²) in [5, 5.41) is 6.02. The van der Waals surface area contributed by atoms with Gasteiger partial charge >= 0.3 is 0 Å². The van der Waals surface area contributed by atoms with E-state index in [0.717, 1.165) is 21.6 Å². The zero-order valence-electron chi connectivity index (χ0n) is 16.7. The summed E-state index contributed by atoms with van der Waals surface area (Å²) >= 11 is 1.45. The normalized spacial score (nSPS) is 12.8. The zero-order valence-corrected chi connectivity index (χ0v) is 17.5. The van der Waals surface area contributed by atoms with Crippen molar-refractivity contribution in [3.8, 4) is 0 Å². The maximum absolute atomic E-state index is 12.6. The van der Waals surface area contributed by atoms with Crippen molar-refractivity contribution in [2.24, 2.45) is 4.99 Å². The number of anilines is 1. The molecule has 2 rings (SSSR count). The van der Waals surface area contributed by atoms with Gasteiger partial charge < -0.3 is 10.6 Å². The maximum atomic E-state index is 12.6. The van der Waals surface area contributed by atoms with Crippen LogP contribution in [-0.4, -0.2) is 23.5 Å². The van der Waals surface area contributed by atoms with Crippen molar-refractivity contribution >= 4 is 40.6 Å². The Morgan fingerprint density at radius 2 is 2.07 bits per heavy atom. The molecule has 1 heterocycles. The summed E-state index contributed by atoms with van der Waals surface area (Å²) in [5.74, 6) is -0.466. The number of benzene rings is 1. The number of nitrogens with zero attached hydrogens (tertiary/aromatic N) is 2. The number of carbonyl (C=O) groups is 2. The molecule has 2 N–H and O–H groups in total. The molecule has 0 bridgehead atoms. The van der Waals surface area contributed by atoms with E-state index in [1.807, 2.05) is 51.1 Å². The lowest BCUT2D eigenvalue weighted by Gasteiger charge is -2.13. The van der Waals surface area contributed by atoms with Crippen LogP contribution in [0.15, 0.2) is 66.1 Å². The van der Waals surface area contributed by atoms with Gasteiger partial charge in [0.2, 0.25) is 11.8 Å². The minimum absolute atomic E-state index is 0.108. The van der Waals surface area contributed by atoms with Crippen LogP contribution in [0.25, 0.3) is 5.57 Å². The Labute approximate surface area is 174 Å². The van der Waals surface area contributed by atoms with Gasteiger partial charge in [-0.25, -0.2) is 9.98 Å². The Kier molecular flexibility index (Phi) is 7.79. The van der Waals surface area contributed by atoms with Gasteiger partial charge in [0, 0.05) is 11.1 Å². The van der Waals surface area contributed by atoms with Crippen LogP contribution >= 0.6 is 11.3 Å². The highest BCUT2D eigenvalue weighted by Gasteiger charge is 2.17. The van der Waals surface area contributed by atoms with Gasteiger partial charge in [-0.1, -0.05) is 36.9 Å². The van der Waals surface area contributed by atoms with Gasteiger partial charge in [-0.05, 0) is 56.3 Å². The molecule has 2 amide bonds. The summed E-state index contributed by atoms with van der Waals surface area (Å²) in [6.45, 7) is 12.6. The van der Waals surface area contributed by atoms with E-state index in [4.69, 9.17) is 0 Å². The van der Waals surface area contributed by atoms with E-state index in [-0.39, 0.29) is 17.7 Å². The standard InChI is InChI=1S/C22H24N4O2S/c1-6-20(27)25-19(23-5)11-10-14(2)17-8-7-9-18(12-17)16(4)21(28)26-22-24-13-15(3)29-22/h6-13,16H,1,5H2,2-4H3,(H,25,27)(H,24,26,28)/b14-10+,19-11+. The number of amides is 2. The number of aromatic nitrogens is 1. The quantitative estimate of drug-likeness (QED) is 0.385. The lowest BCUT2D eigenvalue weighted by molar-refractivity contribution is -0.117. The third-order valence-electron chi connectivity index (χ3n) is 4.18. The molecular weight excluding hydrogens is 384 g/mol. The molecule has 0 aliphatic rings. The number of carbonyl (C=O) groups excluding carboxylic acids is 2. The number of rotatable bonds is 8. The minimum Gasteiger partial charge on any atom is -0.307 e. The molecule has 1 aromatic heterocycles. The third-order valence-corrected chi connectivity index (χ3v) is 5.01. The SMILES string of the molecule is C=CC(=O)N/C(=C/C=C(\C)c1cccc(C(C)C(=O)Nc2ncc(C)s2)c1)N=C. The second kappa shape index (κ2) is 10.3. The van der Waals surface area contributed by atoms with Crippen LogP contribution in [0.2, 0.25) is 0 Å². The molecule has 0 aliphatic carbocycles. The number of hydrogen-bond acceptors (Lipinski definition) is 5. The Morgan fingerprint density at radius 3 is 2.69 bits per heavy atom. The van der Waals surface area contributed by atoms with Crippen molar-refractivity contribution in [3.63, 3.8) is 0 Å². The second-order valence-electron chi connectivity index (χ2n) is 6.37. The van der Waals surface area contributed by atoms with Crippen molar-refractivity contribution in [2.45, 2.75) is 26.7 Å². The van der Waals surface area contributed by atoms with Crippen LogP contribution in [0.4, 0.5) is 5.13 Å². The van der Waals surface area contributed by atoms with E-state index >= 15 is 0 Å². The predicted octanol–water partition coefficient (Wildman–Crippen LogP) is 4.44. The first-order valence-corrected chi connectivity index (χ1v) is 9.78. The average Bonchev–Trinajstić information content (AvgIpc) is 3.14. The molecule has 1 unspecified atom stereocenters. The Morgan fingerprint density at radius 1 is 1.31 bits per heavy atom. The van der Waals surface area contributed by atoms with Crippen molar-refractivity contribution in [2.75, 3.05) is 5.32 Å². The van der Waals surface area contributed by atoms with Gasteiger partial charge in [-0.3, -0.25) is 9.59 Å². The van der Waals surface area contributed by atoms with E-state index in [1.165, 1.54) is 17.4 Å².